The van der Waals surface area contributed by atoms with Gasteiger partial charge in [-0.15, -0.1) is 0 Å². The molecule has 35 heavy (non-hydrogen) atoms. The number of nitrogens with one attached hydrogen (secondary N) is 1. The van der Waals surface area contributed by atoms with Crippen molar-refractivity contribution in [2.24, 2.45) is 5.92 Å². The molecule has 0 bridgehead atoms. The summed E-state index contributed by atoms with van der Waals surface area (Å²) in [6, 6.07) is 9.82. The number of hydrogen-bond donors (Lipinski definition) is 3. The van der Waals surface area contributed by atoms with Crippen molar-refractivity contribution in [2.75, 3.05) is 13.2 Å². The van der Waals surface area contributed by atoms with Gasteiger partial charge < -0.3 is 19.9 Å². The van der Waals surface area contributed by atoms with Crippen LogP contribution in [0, 0.1) is 12.8 Å². The van der Waals surface area contributed by atoms with Crippen LogP contribution in [0.4, 0.5) is 0 Å². The summed E-state index contributed by atoms with van der Waals surface area (Å²) in [7, 11) is 0. The third-order valence-corrected chi connectivity index (χ3v) is 7.02. The predicted molar refractivity (Wildman–Crippen MR) is 134 cm³/mol. The molecule has 0 radical (unpaired) electrons. The summed E-state index contributed by atoms with van der Waals surface area (Å²) in [6.45, 7) is 6.85. The number of H-pyrrole nitrogens is 1. The highest BCUT2D eigenvalue weighted by atomic mass is 16.5. The Bertz CT molecular complexity index is 1280. The van der Waals surface area contributed by atoms with E-state index in [-0.39, 0.29) is 6.04 Å². The van der Waals surface area contributed by atoms with Crippen LogP contribution < -0.4 is 0 Å². The van der Waals surface area contributed by atoms with E-state index < -0.39 is 11.7 Å². The Morgan fingerprint density at radius 3 is 2.63 bits per heavy atom. The van der Waals surface area contributed by atoms with Gasteiger partial charge in [-0.3, -0.25) is 4.98 Å². The minimum Gasteiger partial charge on any atom is -0.387 e. The Hall–Kier alpha value is -3.07. The Balaban J connectivity index is 1.47. The fraction of sp³-hybridized carbons (Fsp3) is 0.444. The van der Waals surface area contributed by atoms with Gasteiger partial charge in [-0.2, -0.15) is 5.10 Å². The van der Waals surface area contributed by atoms with Crippen LogP contribution in [0.1, 0.15) is 62.1 Å². The van der Waals surface area contributed by atoms with Gasteiger partial charge in [-0.1, -0.05) is 6.07 Å². The molecule has 2 unspecified atom stereocenters. The van der Waals surface area contributed by atoms with Gasteiger partial charge in [-0.25, -0.2) is 9.67 Å². The Morgan fingerprint density at radius 1 is 1.11 bits per heavy atom. The third kappa shape index (κ3) is 4.87. The Kier molecular flexibility index (Phi) is 6.44. The van der Waals surface area contributed by atoms with Gasteiger partial charge in [0.1, 0.15) is 6.10 Å². The predicted octanol–water partition coefficient (Wildman–Crippen LogP) is 4.34. The summed E-state index contributed by atoms with van der Waals surface area (Å²) in [5.74, 6) is 0.547. The van der Waals surface area contributed by atoms with Crippen molar-refractivity contribution in [3.05, 3.63) is 65.7 Å². The van der Waals surface area contributed by atoms with Gasteiger partial charge in [-0.05, 0) is 75.8 Å². The highest BCUT2D eigenvalue weighted by molar-refractivity contribution is 5.78. The van der Waals surface area contributed by atoms with Crippen molar-refractivity contribution in [2.45, 2.75) is 57.8 Å². The van der Waals surface area contributed by atoms with Crippen LogP contribution in [0.25, 0.3) is 22.4 Å². The second-order valence-corrected chi connectivity index (χ2v) is 10.1. The van der Waals surface area contributed by atoms with E-state index in [1.807, 2.05) is 35.3 Å². The average molecular weight is 476 g/mol. The molecule has 1 aliphatic heterocycles. The molecule has 5 heterocycles. The summed E-state index contributed by atoms with van der Waals surface area (Å²) < 4.78 is 7.63. The number of nitrogens with zero attached hydrogens (tertiary/aromatic N) is 4. The Labute approximate surface area is 205 Å². The quantitative estimate of drug-likeness (QED) is 0.367. The molecule has 0 amide bonds. The SMILES string of the molecule is Cc1ccnc2c1cnn2C(CC1CCOCC1)c1ccc(-c2ccc(C(O)C(C)(C)O)cn2)[nH]1. The molecule has 8 heteroatoms. The van der Waals surface area contributed by atoms with Crippen molar-refractivity contribution in [3.63, 3.8) is 0 Å². The topological polar surface area (TPSA) is 109 Å². The van der Waals surface area contributed by atoms with Crippen molar-refractivity contribution in [1.82, 2.24) is 24.7 Å². The highest BCUT2D eigenvalue weighted by Gasteiger charge is 2.27. The van der Waals surface area contributed by atoms with Gasteiger partial charge in [0, 0.05) is 42.3 Å². The molecule has 4 aromatic rings. The van der Waals surface area contributed by atoms with Gasteiger partial charge in [0.2, 0.25) is 0 Å². The van der Waals surface area contributed by atoms with E-state index in [1.54, 1.807) is 26.1 Å². The third-order valence-electron chi connectivity index (χ3n) is 7.02. The molecule has 1 aliphatic rings. The lowest BCUT2D eigenvalue weighted by atomic mass is 9.91. The molecule has 0 spiro atoms. The van der Waals surface area contributed by atoms with E-state index in [2.05, 4.69) is 27.9 Å². The number of aromatic nitrogens is 5. The standard InChI is InChI=1S/C27H33N5O3/c1-17-8-11-28-26-20(17)16-30-32(26)24(14-18-9-12-35-13-10-18)23-7-6-22(31-23)21-5-4-19(15-29-21)25(33)27(2,3)34/h4-8,11,15-16,18,24-25,31,33-34H,9-10,12-14H2,1-3H3. The maximum absolute atomic E-state index is 10.3. The summed E-state index contributed by atoms with van der Waals surface area (Å²) in [4.78, 5) is 12.8. The van der Waals surface area contributed by atoms with Crippen LogP contribution in [0.3, 0.4) is 0 Å². The molecule has 2 atom stereocenters. The van der Waals surface area contributed by atoms with Gasteiger partial charge in [0.05, 0.1) is 29.2 Å². The molecule has 4 aromatic heterocycles. The zero-order chi connectivity index (χ0) is 24.6. The smallest absolute Gasteiger partial charge is 0.158 e. The maximum atomic E-state index is 10.3. The number of hydrogen-bond acceptors (Lipinski definition) is 6. The van der Waals surface area contributed by atoms with E-state index in [0.29, 0.717) is 11.5 Å². The molecule has 0 aliphatic carbocycles. The van der Waals surface area contributed by atoms with E-state index in [9.17, 15) is 10.2 Å². The number of rotatable bonds is 7. The molecule has 5 rings (SSSR count). The first kappa shape index (κ1) is 23.7. The second kappa shape index (κ2) is 9.53. The van der Waals surface area contributed by atoms with E-state index in [0.717, 1.165) is 66.2 Å². The first-order chi connectivity index (χ1) is 16.8. The average Bonchev–Trinajstić information content (AvgIpc) is 3.51. The lowest BCUT2D eigenvalue weighted by Gasteiger charge is -2.27. The van der Waals surface area contributed by atoms with E-state index >= 15 is 0 Å². The van der Waals surface area contributed by atoms with Crippen LogP contribution in [-0.4, -0.2) is 53.8 Å². The van der Waals surface area contributed by atoms with E-state index in [1.165, 1.54) is 0 Å². The van der Waals surface area contributed by atoms with Crippen LogP contribution in [0.2, 0.25) is 0 Å². The largest absolute Gasteiger partial charge is 0.387 e. The fourth-order valence-corrected chi connectivity index (χ4v) is 4.85. The highest BCUT2D eigenvalue weighted by Crippen LogP contribution is 2.34. The van der Waals surface area contributed by atoms with Gasteiger partial charge in [0.25, 0.3) is 0 Å². The number of aryl methyl sites for hydroxylation is 1. The normalized spacial score (nSPS) is 17.1. The van der Waals surface area contributed by atoms with Crippen LogP contribution in [-0.2, 0) is 4.74 Å². The molecule has 1 saturated heterocycles. The number of aliphatic hydroxyl groups is 2. The first-order valence-corrected chi connectivity index (χ1v) is 12.2. The number of fused-ring (bicyclic) bond motifs is 1. The van der Waals surface area contributed by atoms with Gasteiger partial charge in [0.15, 0.2) is 5.65 Å². The minimum atomic E-state index is -1.24. The zero-order valence-corrected chi connectivity index (χ0v) is 20.5. The zero-order valence-electron chi connectivity index (χ0n) is 20.5. The van der Waals surface area contributed by atoms with Crippen LogP contribution in [0.5, 0.6) is 0 Å². The molecule has 184 valence electrons. The van der Waals surface area contributed by atoms with Crippen molar-refractivity contribution in [1.29, 1.82) is 0 Å². The number of aliphatic hydroxyl groups excluding tert-OH is 1. The molecule has 0 saturated carbocycles. The lowest BCUT2D eigenvalue weighted by molar-refractivity contribution is -0.0498. The fourth-order valence-electron chi connectivity index (χ4n) is 4.85. The number of aromatic amines is 1. The summed E-state index contributed by atoms with van der Waals surface area (Å²) in [6.07, 6.45) is 7.40. The molecule has 1 fully saturated rings. The minimum absolute atomic E-state index is 0.00920. The first-order valence-electron chi connectivity index (χ1n) is 12.2. The van der Waals surface area contributed by atoms with Crippen LogP contribution >= 0.6 is 0 Å². The molecular weight excluding hydrogens is 442 g/mol. The van der Waals surface area contributed by atoms with Crippen molar-refractivity contribution in [3.8, 4) is 11.4 Å². The molecule has 0 aromatic carbocycles. The molecular formula is C27H33N5O3. The Morgan fingerprint density at radius 2 is 1.91 bits per heavy atom. The monoisotopic (exact) mass is 475 g/mol. The second-order valence-electron chi connectivity index (χ2n) is 10.1. The van der Waals surface area contributed by atoms with Crippen LogP contribution in [0.15, 0.2) is 48.9 Å². The van der Waals surface area contributed by atoms with E-state index in [4.69, 9.17) is 9.84 Å². The van der Waals surface area contributed by atoms with Crippen molar-refractivity contribution >= 4 is 11.0 Å². The summed E-state index contributed by atoms with van der Waals surface area (Å²) in [5.41, 5.74) is 4.11. The van der Waals surface area contributed by atoms with Crippen molar-refractivity contribution < 1.29 is 14.9 Å². The lowest BCUT2D eigenvalue weighted by Crippen LogP contribution is -2.28. The summed E-state index contributed by atoms with van der Waals surface area (Å²) >= 11 is 0. The molecule has 3 N–H and O–H groups in total. The summed E-state index contributed by atoms with van der Waals surface area (Å²) in [5, 5.41) is 26.3. The molecule has 8 nitrogen and oxygen atoms in total. The number of pyridine rings is 2. The maximum Gasteiger partial charge on any atom is 0.158 e. The number of ether oxygens (including phenoxy) is 1. The van der Waals surface area contributed by atoms with Gasteiger partial charge >= 0.3 is 0 Å².